The summed E-state index contributed by atoms with van der Waals surface area (Å²) in [6.07, 6.45) is -3.17. The van der Waals surface area contributed by atoms with Crippen LogP contribution in [0.2, 0.25) is 0 Å². The van der Waals surface area contributed by atoms with Crippen LogP contribution in [0.15, 0.2) is 24.3 Å². The van der Waals surface area contributed by atoms with Crippen LogP contribution in [0.5, 0.6) is 5.75 Å². The summed E-state index contributed by atoms with van der Waals surface area (Å²) in [4.78, 5) is 53.0. The van der Waals surface area contributed by atoms with Crippen molar-refractivity contribution in [3.8, 4) is 5.75 Å². The molecule has 4 amide bonds. The maximum Gasteiger partial charge on any atom is 0.255 e. The van der Waals surface area contributed by atoms with Crippen LogP contribution < -0.4 is 21.3 Å². The van der Waals surface area contributed by atoms with E-state index in [-0.39, 0.29) is 18.8 Å². The minimum atomic E-state index is -2.41. The molecule has 0 bridgehead atoms. The second kappa shape index (κ2) is 13.1. The summed E-state index contributed by atoms with van der Waals surface area (Å²) in [6, 6.07) is -0.710. The fourth-order valence-corrected chi connectivity index (χ4v) is 4.91. The van der Waals surface area contributed by atoms with E-state index >= 15 is 0 Å². The summed E-state index contributed by atoms with van der Waals surface area (Å²) in [7, 11) is 0. The van der Waals surface area contributed by atoms with Crippen molar-refractivity contribution in [3.05, 3.63) is 64.5 Å². The monoisotopic (exact) mass is 628 g/mol. The molecule has 6 N–H and O–H groups in total. The van der Waals surface area contributed by atoms with Gasteiger partial charge >= 0.3 is 0 Å². The molecule has 238 valence electrons. The van der Waals surface area contributed by atoms with Crippen LogP contribution in [0.3, 0.4) is 0 Å². The van der Waals surface area contributed by atoms with E-state index in [1.54, 1.807) is 0 Å². The number of aromatic hydroxyl groups is 1. The van der Waals surface area contributed by atoms with Crippen molar-refractivity contribution in [2.24, 2.45) is 11.8 Å². The zero-order chi connectivity index (χ0) is 32.5. The number of carbonyl (C=O) groups is 4. The molecule has 0 radical (unpaired) electrons. The topological polar surface area (TPSA) is 166 Å². The van der Waals surface area contributed by atoms with Gasteiger partial charge in [0.2, 0.25) is 23.5 Å². The van der Waals surface area contributed by atoms with Gasteiger partial charge in [0, 0.05) is 17.9 Å². The second-order valence-electron chi connectivity index (χ2n) is 10.7. The Morgan fingerprint density at radius 2 is 1.48 bits per heavy atom. The summed E-state index contributed by atoms with van der Waals surface area (Å²) in [5.41, 5.74) is -1.63. The fourth-order valence-electron chi connectivity index (χ4n) is 4.91. The molecular weight excluding hydrogens is 599 g/mol. The van der Waals surface area contributed by atoms with E-state index in [4.69, 9.17) is 4.74 Å². The van der Waals surface area contributed by atoms with Crippen LogP contribution in [-0.2, 0) is 25.5 Å². The first kappa shape index (κ1) is 32.6. The van der Waals surface area contributed by atoms with Crippen molar-refractivity contribution in [2.75, 3.05) is 13.2 Å². The van der Waals surface area contributed by atoms with E-state index in [0.717, 1.165) is 6.92 Å². The van der Waals surface area contributed by atoms with Gasteiger partial charge in [0.25, 0.3) is 5.91 Å². The number of aliphatic hydroxyl groups is 1. The van der Waals surface area contributed by atoms with Gasteiger partial charge in [-0.05, 0) is 19.1 Å². The van der Waals surface area contributed by atoms with Crippen LogP contribution in [-0.4, -0.2) is 77.3 Å². The Morgan fingerprint density at radius 3 is 2.05 bits per heavy atom. The molecule has 0 aliphatic carbocycles. The third-order valence-corrected chi connectivity index (χ3v) is 7.69. The first-order valence-corrected chi connectivity index (χ1v) is 13.5. The number of hydrogen-bond acceptors (Lipinski definition) is 7. The number of rotatable bonds is 5. The van der Waals surface area contributed by atoms with Gasteiger partial charge in [-0.25, -0.2) is 22.0 Å². The lowest BCUT2D eigenvalue weighted by Gasteiger charge is -2.37. The van der Waals surface area contributed by atoms with Gasteiger partial charge in [-0.15, -0.1) is 0 Å². The first-order valence-electron chi connectivity index (χ1n) is 13.5. The minimum Gasteiger partial charge on any atom is -0.507 e. The lowest BCUT2D eigenvalue weighted by atomic mass is 9.89. The summed E-state index contributed by atoms with van der Waals surface area (Å²) >= 11 is 0. The Hall–Kier alpha value is -4.31. The van der Waals surface area contributed by atoms with Gasteiger partial charge in [-0.2, -0.15) is 0 Å². The number of ether oxygens (including phenoxy) is 1. The number of hydrogen-bond donors (Lipinski definition) is 6. The predicted molar refractivity (Wildman–Crippen MR) is 140 cm³/mol. The van der Waals surface area contributed by atoms with Gasteiger partial charge in [0.15, 0.2) is 23.3 Å². The maximum atomic E-state index is 14.6. The summed E-state index contributed by atoms with van der Waals surface area (Å²) in [5, 5.41) is 30.8. The number of amides is 4. The van der Waals surface area contributed by atoms with Crippen molar-refractivity contribution < 1.29 is 56.1 Å². The Kier molecular flexibility index (Phi) is 9.73. The van der Waals surface area contributed by atoms with E-state index < -0.39 is 113 Å². The summed E-state index contributed by atoms with van der Waals surface area (Å²) in [6.45, 7) is 2.64. The molecule has 2 aliphatic heterocycles. The number of aliphatic hydroxyl groups excluding tert-OH is 1. The van der Waals surface area contributed by atoms with E-state index in [0.29, 0.717) is 0 Å². The zero-order valence-electron chi connectivity index (χ0n) is 23.3. The average molecular weight is 629 g/mol. The molecule has 4 rings (SSSR count). The Labute approximate surface area is 247 Å². The molecule has 6 unspecified atom stereocenters. The normalized spacial score (nSPS) is 26.8. The molecule has 44 heavy (non-hydrogen) atoms. The predicted octanol–water partition coefficient (Wildman–Crippen LogP) is 0.560. The van der Waals surface area contributed by atoms with Crippen molar-refractivity contribution >= 4 is 23.6 Å². The van der Waals surface area contributed by atoms with Crippen molar-refractivity contribution in [2.45, 2.75) is 50.5 Å². The van der Waals surface area contributed by atoms with Gasteiger partial charge < -0.3 is 36.2 Å². The lowest BCUT2D eigenvalue weighted by Crippen LogP contribution is -2.65. The number of carbonyl (C=O) groups excluding carboxylic acids is 4. The number of benzene rings is 2. The summed E-state index contributed by atoms with van der Waals surface area (Å²) < 4.78 is 76.0. The van der Waals surface area contributed by atoms with Gasteiger partial charge in [0.05, 0.1) is 42.9 Å². The van der Waals surface area contributed by atoms with E-state index in [1.165, 1.54) is 31.2 Å². The van der Waals surface area contributed by atoms with Crippen LogP contribution in [0.4, 0.5) is 22.0 Å². The molecule has 16 heteroatoms. The number of phenolic OH excluding ortho intramolecular Hbond substituents is 1. The molecule has 0 spiro atoms. The molecule has 2 aromatic rings. The minimum absolute atomic E-state index is 0.0838. The maximum absolute atomic E-state index is 14.6. The van der Waals surface area contributed by atoms with Crippen LogP contribution in [0, 0.1) is 40.9 Å². The fraction of sp³-hybridized carbons (Fsp3) is 0.429. The molecule has 0 saturated carbocycles. The highest BCUT2D eigenvalue weighted by Crippen LogP contribution is 2.26. The molecule has 2 aliphatic rings. The Bertz CT molecular complexity index is 1450. The highest BCUT2D eigenvalue weighted by atomic mass is 19.2. The van der Waals surface area contributed by atoms with E-state index in [2.05, 4.69) is 21.3 Å². The van der Waals surface area contributed by atoms with Crippen LogP contribution in [0.1, 0.15) is 29.8 Å². The zero-order valence-corrected chi connectivity index (χ0v) is 23.3. The van der Waals surface area contributed by atoms with Crippen molar-refractivity contribution in [1.29, 1.82) is 0 Å². The Morgan fingerprint density at radius 1 is 0.886 bits per heavy atom. The highest BCUT2D eigenvalue weighted by molar-refractivity contribution is 6.00. The van der Waals surface area contributed by atoms with E-state index in [1.807, 2.05) is 0 Å². The molecule has 2 heterocycles. The summed E-state index contributed by atoms with van der Waals surface area (Å²) in [5.74, 6) is -17.6. The largest absolute Gasteiger partial charge is 0.507 e. The standard InChI is InChI=1S/C28H29F5N4O7/c1-10-24(39)15(7-14-17(29)19(31)21(33)20(32)18(14)30)35-27(42)22(36-26(41)13-5-3-4-6-16(13)38)11(2)34-28(43)23(37-25(10)40)12-8-44-9-12/h3-6,10-12,15,22-24,38-39H,7-9H2,1-2H3,(H,34,43)(H,35,42)(H,36,41)(H,37,40). The molecule has 6 atom stereocenters. The molecule has 2 fully saturated rings. The highest BCUT2D eigenvalue weighted by Gasteiger charge is 2.42. The first-order chi connectivity index (χ1) is 20.7. The van der Waals surface area contributed by atoms with Crippen molar-refractivity contribution in [3.63, 3.8) is 0 Å². The Balaban J connectivity index is 1.75. The molecule has 11 nitrogen and oxygen atoms in total. The van der Waals surface area contributed by atoms with Crippen LogP contribution >= 0.6 is 0 Å². The number of nitrogens with one attached hydrogen (secondary N) is 4. The quantitative estimate of drug-likeness (QED) is 0.160. The number of para-hydroxylation sites is 1. The number of halogens is 5. The van der Waals surface area contributed by atoms with E-state index in [9.17, 15) is 51.3 Å². The van der Waals surface area contributed by atoms with Gasteiger partial charge in [-0.1, -0.05) is 19.1 Å². The van der Waals surface area contributed by atoms with Gasteiger partial charge in [-0.3, -0.25) is 19.2 Å². The molecule has 2 aromatic carbocycles. The van der Waals surface area contributed by atoms with Gasteiger partial charge in [0.1, 0.15) is 17.8 Å². The average Bonchev–Trinajstić information content (AvgIpc) is 2.96. The SMILES string of the molecule is CC1NC(=O)C(C2COC2)NC(=O)C(C)C(O)C(Cc2c(F)c(F)c(F)c(F)c2F)NC(=O)C1NC(=O)c1ccccc1O. The molecule has 2 saturated heterocycles. The smallest absolute Gasteiger partial charge is 0.255 e. The molecule has 0 aromatic heterocycles. The third-order valence-electron chi connectivity index (χ3n) is 7.69. The molecular formula is C28H29F5N4O7. The lowest BCUT2D eigenvalue weighted by molar-refractivity contribution is -0.141. The third kappa shape index (κ3) is 6.45. The second-order valence-corrected chi connectivity index (χ2v) is 10.7. The van der Waals surface area contributed by atoms with Crippen molar-refractivity contribution in [1.82, 2.24) is 21.3 Å². The van der Waals surface area contributed by atoms with Crippen LogP contribution in [0.25, 0.3) is 0 Å². The number of phenols is 1.